The monoisotopic (exact) mass is 237 g/mol. The van der Waals surface area contributed by atoms with Crippen LogP contribution in [0.15, 0.2) is 18.2 Å². The van der Waals surface area contributed by atoms with Crippen LogP contribution in [0.1, 0.15) is 11.7 Å². The Morgan fingerprint density at radius 1 is 1.53 bits per heavy atom. The van der Waals surface area contributed by atoms with Crippen molar-refractivity contribution in [2.45, 2.75) is 12.2 Å². The van der Waals surface area contributed by atoms with Crippen LogP contribution in [0.4, 0.5) is 11.4 Å². The van der Waals surface area contributed by atoms with Gasteiger partial charge in [0, 0.05) is 13.1 Å². The van der Waals surface area contributed by atoms with Crippen LogP contribution in [0, 0.1) is 21.4 Å². The molecule has 0 saturated carbocycles. The van der Waals surface area contributed by atoms with Crippen molar-refractivity contribution < 1.29 is 15.1 Å². The molecule has 1 aromatic carbocycles. The normalized spacial score (nSPS) is 13.5. The summed E-state index contributed by atoms with van der Waals surface area (Å²) in [6, 6.07) is 5.39. The summed E-state index contributed by atoms with van der Waals surface area (Å²) in [5.41, 5.74) is 0.177. The molecule has 0 fully saturated rings. The van der Waals surface area contributed by atoms with Crippen molar-refractivity contribution in [2.75, 3.05) is 12.4 Å². The van der Waals surface area contributed by atoms with Gasteiger partial charge in [-0.3, -0.25) is 10.1 Å². The van der Waals surface area contributed by atoms with Gasteiger partial charge in [-0.2, -0.15) is 5.26 Å². The molecule has 7 nitrogen and oxygen atoms in total. The minimum atomic E-state index is -1.62. The average molecular weight is 237 g/mol. The van der Waals surface area contributed by atoms with Crippen LogP contribution in [-0.4, -0.2) is 28.3 Å². The van der Waals surface area contributed by atoms with Gasteiger partial charge in [-0.05, 0) is 11.6 Å². The first-order chi connectivity index (χ1) is 8.01. The van der Waals surface area contributed by atoms with Gasteiger partial charge in [-0.25, -0.2) is 0 Å². The Hall–Kier alpha value is -2.17. The zero-order valence-electron chi connectivity index (χ0n) is 8.99. The summed E-state index contributed by atoms with van der Waals surface area (Å²) in [6.45, 7) is 0. The summed E-state index contributed by atoms with van der Waals surface area (Å²) < 4.78 is 0. The first-order valence-corrected chi connectivity index (χ1v) is 4.73. The van der Waals surface area contributed by atoms with E-state index in [-0.39, 0.29) is 16.9 Å². The summed E-state index contributed by atoms with van der Waals surface area (Å²) in [6.07, 6.45) is -3.08. The highest BCUT2D eigenvalue weighted by atomic mass is 16.6. The van der Waals surface area contributed by atoms with Gasteiger partial charge >= 0.3 is 0 Å². The molecule has 2 unspecified atom stereocenters. The Labute approximate surface area is 97.1 Å². The molecule has 0 spiro atoms. The second kappa shape index (κ2) is 5.25. The number of benzene rings is 1. The van der Waals surface area contributed by atoms with Crippen molar-refractivity contribution in [3.05, 3.63) is 33.9 Å². The van der Waals surface area contributed by atoms with Gasteiger partial charge < -0.3 is 15.5 Å². The van der Waals surface area contributed by atoms with E-state index in [2.05, 4.69) is 5.32 Å². The predicted molar refractivity (Wildman–Crippen MR) is 59.2 cm³/mol. The van der Waals surface area contributed by atoms with Crippen LogP contribution in [0.5, 0.6) is 0 Å². The highest BCUT2D eigenvalue weighted by Gasteiger charge is 2.21. The highest BCUT2D eigenvalue weighted by molar-refractivity contribution is 5.62. The van der Waals surface area contributed by atoms with Gasteiger partial charge in [0.2, 0.25) is 0 Å². The molecule has 0 aliphatic rings. The number of nitriles is 1. The SMILES string of the molecule is CNc1ccc(C(O)C(O)C#N)cc1[N+](=O)[O-]. The van der Waals surface area contributed by atoms with Crippen LogP contribution in [0.3, 0.4) is 0 Å². The molecule has 0 aliphatic carbocycles. The van der Waals surface area contributed by atoms with Crippen molar-refractivity contribution in [3.63, 3.8) is 0 Å². The third-order valence-electron chi connectivity index (χ3n) is 2.26. The van der Waals surface area contributed by atoms with Crippen LogP contribution in [-0.2, 0) is 0 Å². The molecule has 1 aromatic rings. The molecule has 0 amide bonds. The van der Waals surface area contributed by atoms with E-state index in [1.165, 1.54) is 25.2 Å². The predicted octanol–water partition coefficient (Wildman–Crippen LogP) is 0.554. The molecule has 0 aliphatic heterocycles. The highest BCUT2D eigenvalue weighted by Crippen LogP contribution is 2.28. The number of rotatable bonds is 4. The third-order valence-corrected chi connectivity index (χ3v) is 2.26. The largest absolute Gasteiger partial charge is 0.385 e. The number of nitro benzene ring substituents is 1. The molecule has 0 radical (unpaired) electrons. The molecule has 0 aromatic heterocycles. The molecule has 3 N–H and O–H groups in total. The number of aliphatic hydroxyl groups is 2. The summed E-state index contributed by atoms with van der Waals surface area (Å²) in [4.78, 5) is 10.1. The maximum Gasteiger partial charge on any atom is 0.292 e. The zero-order chi connectivity index (χ0) is 13.0. The van der Waals surface area contributed by atoms with Crippen LogP contribution in [0.2, 0.25) is 0 Å². The topological polar surface area (TPSA) is 119 Å². The molecule has 90 valence electrons. The number of hydrogen-bond acceptors (Lipinski definition) is 6. The lowest BCUT2D eigenvalue weighted by molar-refractivity contribution is -0.384. The van der Waals surface area contributed by atoms with E-state index in [1.54, 1.807) is 0 Å². The molecule has 0 bridgehead atoms. The molecule has 0 saturated heterocycles. The Balaban J connectivity index is 3.17. The number of anilines is 1. The molecular weight excluding hydrogens is 226 g/mol. The fourth-order valence-corrected chi connectivity index (χ4v) is 1.35. The number of aliphatic hydroxyl groups excluding tert-OH is 2. The lowest BCUT2D eigenvalue weighted by atomic mass is 10.0. The minimum Gasteiger partial charge on any atom is -0.385 e. The van der Waals surface area contributed by atoms with E-state index in [0.717, 1.165) is 6.07 Å². The van der Waals surface area contributed by atoms with Crippen LogP contribution >= 0.6 is 0 Å². The van der Waals surface area contributed by atoms with E-state index < -0.39 is 17.1 Å². The van der Waals surface area contributed by atoms with Gasteiger partial charge in [0.15, 0.2) is 6.10 Å². The number of nitro groups is 1. The summed E-state index contributed by atoms with van der Waals surface area (Å²) in [7, 11) is 1.53. The van der Waals surface area contributed by atoms with Gasteiger partial charge in [0.25, 0.3) is 5.69 Å². The maximum absolute atomic E-state index is 10.8. The maximum atomic E-state index is 10.8. The van der Waals surface area contributed by atoms with Crippen molar-refractivity contribution in [3.8, 4) is 6.07 Å². The third kappa shape index (κ3) is 2.69. The molecule has 17 heavy (non-hydrogen) atoms. The van der Waals surface area contributed by atoms with E-state index in [9.17, 15) is 15.2 Å². The summed E-state index contributed by atoms with van der Waals surface area (Å²) in [5.74, 6) is 0. The van der Waals surface area contributed by atoms with E-state index in [1.807, 2.05) is 0 Å². The Kier molecular flexibility index (Phi) is 3.98. The second-order valence-electron chi connectivity index (χ2n) is 3.30. The van der Waals surface area contributed by atoms with Gasteiger partial charge in [0.1, 0.15) is 11.8 Å². The number of hydrogen-bond donors (Lipinski definition) is 3. The van der Waals surface area contributed by atoms with Crippen molar-refractivity contribution in [2.24, 2.45) is 0 Å². The van der Waals surface area contributed by atoms with Crippen molar-refractivity contribution >= 4 is 11.4 Å². The van der Waals surface area contributed by atoms with Gasteiger partial charge in [-0.1, -0.05) is 6.07 Å². The van der Waals surface area contributed by atoms with Gasteiger partial charge in [0.05, 0.1) is 11.0 Å². The Bertz CT molecular complexity index is 469. The van der Waals surface area contributed by atoms with Crippen molar-refractivity contribution in [1.29, 1.82) is 5.26 Å². The summed E-state index contributed by atoms with van der Waals surface area (Å²) >= 11 is 0. The molecule has 0 heterocycles. The fourth-order valence-electron chi connectivity index (χ4n) is 1.35. The standard InChI is InChI=1S/C10H11N3O4/c1-12-7-3-2-6(4-8(7)13(16)17)10(15)9(14)5-11/h2-4,9-10,12,14-15H,1H3. The molecule has 7 heteroatoms. The lowest BCUT2D eigenvalue weighted by Gasteiger charge is -2.12. The fraction of sp³-hybridized carbons (Fsp3) is 0.300. The first-order valence-electron chi connectivity index (χ1n) is 4.73. The van der Waals surface area contributed by atoms with Gasteiger partial charge in [-0.15, -0.1) is 0 Å². The van der Waals surface area contributed by atoms with E-state index >= 15 is 0 Å². The Morgan fingerprint density at radius 2 is 2.18 bits per heavy atom. The minimum absolute atomic E-state index is 0.116. The zero-order valence-corrected chi connectivity index (χ0v) is 8.99. The quantitative estimate of drug-likeness (QED) is 0.399. The van der Waals surface area contributed by atoms with E-state index in [0.29, 0.717) is 0 Å². The average Bonchev–Trinajstić information content (AvgIpc) is 2.35. The second-order valence-corrected chi connectivity index (χ2v) is 3.30. The first kappa shape index (κ1) is 12.9. The number of nitrogens with one attached hydrogen (secondary N) is 1. The Morgan fingerprint density at radius 3 is 2.65 bits per heavy atom. The smallest absolute Gasteiger partial charge is 0.292 e. The summed E-state index contributed by atoms with van der Waals surface area (Å²) in [5, 5.41) is 40.5. The van der Waals surface area contributed by atoms with E-state index in [4.69, 9.17) is 10.4 Å². The van der Waals surface area contributed by atoms with Crippen molar-refractivity contribution in [1.82, 2.24) is 0 Å². The van der Waals surface area contributed by atoms with Crippen LogP contribution in [0.25, 0.3) is 0 Å². The molecule has 2 atom stereocenters. The molecule has 1 rings (SSSR count). The number of nitrogens with zero attached hydrogens (tertiary/aromatic N) is 2. The van der Waals surface area contributed by atoms with Crippen LogP contribution < -0.4 is 5.32 Å². The lowest BCUT2D eigenvalue weighted by Crippen LogP contribution is -2.16. The molecular formula is C10H11N3O4.